The number of aliphatic hydroxyl groups is 1. The van der Waals surface area contributed by atoms with Crippen molar-refractivity contribution in [3.8, 4) is 0 Å². The Labute approximate surface area is 103 Å². The van der Waals surface area contributed by atoms with Gasteiger partial charge in [-0.05, 0) is 37.0 Å². The molecule has 0 aliphatic carbocycles. The van der Waals surface area contributed by atoms with Gasteiger partial charge in [0.05, 0.1) is 6.61 Å². The van der Waals surface area contributed by atoms with Crippen LogP contribution in [0.15, 0.2) is 24.3 Å². The standard InChI is InChI=1S/C14H22FNO/c1-10(2)14(16-11(3)9-17)8-12-4-6-13(15)7-5-12/h4-7,10-11,14,16-17H,8-9H2,1-3H3/t11-,14?/m1/s1. The Hall–Kier alpha value is -0.930. The zero-order valence-electron chi connectivity index (χ0n) is 10.8. The van der Waals surface area contributed by atoms with Gasteiger partial charge in [0, 0.05) is 12.1 Å². The fraction of sp³-hybridized carbons (Fsp3) is 0.571. The van der Waals surface area contributed by atoms with Gasteiger partial charge in [0.1, 0.15) is 5.82 Å². The van der Waals surface area contributed by atoms with E-state index in [4.69, 9.17) is 5.11 Å². The molecule has 0 spiro atoms. The molecule has 0 heterocycles. The second-order valence-electron chi connectivity index (χ2n) is 4.93. The van der Waals surface area contributed by atoms with E-state index >= 15 is 0 Å². The molecule has 2 N–H and O–H groups in total. The van der Waals surface area contributed by atoms with Gasteiger partial charge in [-0.2, -0.15) is 0 Å². The minimum atomic E-state index is -0.202. The summed E-state index contributed by atoms with van der Waals surface area (Å²) < 4.78 is 12.8. The van der Waals surface area contributed by atoms with E-state index < -0.39 is 0 Å². The van der Waals surface area contributed by atoms with E-state index in [-0.39, 0.29) is 18.5 Å². The van der Waals surface area contributed by atoms with Crippen LogP contribution >= 0.6 is 0 Å². The zero-order chi connectivity index (χ0) is 12.8. The van der Waals surface area contributed by atoms with Crippen molar-refractivity contribution in [3.63, 3.8) is 0 Å². The predicted octanol–water partition coefficient (Wildman–Crippen LogP) is 2.36. The molecule has 2 nitrogen and oxygen atoms in total. The first-order valence-corrected chi connectivity index (χ1v) is 6.14. The van der Waals surface area contributed by atoms with Crippen LogP contribution in [0.5, 0.6) is 0 Å². The summed E-state index contributed by atoms with van der Waals surface area (Å²) in [5.41, 5.74) is 1.11. The second kappa shape index (κ2) is 6.72. The van der Waals surface area contributed by atoms with Crippen LogP contribution in [0.2, 0.25) is 0 Å². The van der Waals surface area contributed by atoms with Gasteiger partial charge < -0.3 is 10.4 Å². The second-order valence-corrected chi connectivity index (χ2v) is 4.93. The summed E-state index contributed by atoms with van der Waals surface area (Å²) in [7, 11) is 0. The van der Waals surface area contributed by atoms with Crippen LogP contribution in [0.4, 0.5) is 4.39 Å². The summed E-state index contributed by atoms with van der Waals surface area (Å²) in [5.74, 6) is 0.264. The molecule has 17 heavy (non-hydrogen) atoms. The molecule has 96 valence electrons. The Morgan fingerprint density at radius 1 is 1.18 bits per heavy atom. The highest BCUT2D eigenvalue weighted by Gasteiger charge is 2.15. The Bertz CT molecular complexity index is 323. The van der Waals surface area contributed by atoms with Crippen LogP contribution in [0.1, 0.15) is 26.3 Å². The Kier molecular flexibility index (Phi) is 5.59. The molecule has 1 aromatic rings. The molecule has 0 bridgehead atoms. The maximum Gasteiger partial charge on any atom is 0.123 e. The quantitative estimate of drug-likeness (QED) is 0.798. The fourth-order valence-electron chi connectivity index (χ4n) is 1.78. The predicted molar refractivity (Wildman–Crippen MR) is 68.4 cm³/mol. The average Bonchev–Trinajstić information content (AvgIpc) is 2.30. The third-order valence-electron chi connectivity index (χ3n) is 2.95. The minimum Gasteiger partial charge on any atom is -0.395 e. The number of nitrogens with one attached hydrogen (secondary N) is 1. The SMILES string of the molecule is CC(C)C(Cc1ccc(F)cc1)N[C@H](C)CO. The summed E-state index contributed by atoms with van der Waals surface area (Å²) in [4.78, 5) is 0. The van der Waals surface area contributed by atoms with Gasteiger partial charge in [-0.15, -0.1) is 0 Å². The minimum absolute atomic E-state index is 0.0860. The Balaban J connectivity index is 2.63. The number of rotatable bonds is 6. The smallest absolute Gasteiger partial charge is 0.123 e. The molecular weight excluding hydrogens is 217 g/mol. The lowest BCUT2D eigenvalue weighted by Gasteiger charge is -2.25. The molecule has 1 aromatic carbocycles. The summed E-state index contributed by atoms with van der Waals surface area (Å²) in [6.45, 7) is 6.38. The molecule has 3 heteroatoms. The lowest BCUT2D eigenvalue weighted by Crippen LogP contribution is -2.43. The van der Waals surface area contributed by atoms with Crippen molar-refractivity contribution in [2.75, 3.05) is 6.61 Å². The van der Waals surface area contributed by atoms with Gasteiger partial charge in [0.2, 0.25) is 0 Å². The van der Waals surface area contributed by atoms with E-state index in [1.54, 1.807) is 0 Å². The summed E-state index contributed by atoms with van der Waals surface area (Å²) in [5, 5.41) is 12.4. The third kappa shape index (κ3) is 4.84. The van der Waals surface area contributed by atoms with Gasteiger partial charge in [-0.25, -0.2) is 4.39 Å². The molecule has 0 amide bonds. The lowest BCUT2D eigenvalue weighted by atomic mass is 9.95. The molecule has 2 atom stereocenters. The first-order valence-electron chi connectivity index (χ1n) is 6.14. The highest BCUT2D eigenvalue weighted by molar-refractivity contribution is 5.17. The van der Waals surface area contributed by atoms with E-state index in [2.05, 4.69) is 19.2 Å². The van der Waals surface area contributed by atoms with Crippen LogP contribution in [0.3, 0.4) is 0 Å². The number of benzene rings is 1. The van der Waals surface area contributed by atoms with Crippen molar-refractivity contribution >= 4 is 0 Å². The monoisotopic (exact) mass is 239 g/mol. The summed E-state index contributed by atoms with van der Waals surface area (Å²) >= 11 is 0. The van der Waals surface area contributed by atoms with Gasteiger partial charge in [-0.1, -0.05) is 26.0 Å². The highest BCUT2D eigenvalue weighted by Crippen LogP contribution is 2.12. The van der Waals surface area contributed by atoms with Gasteiger partial charge >= 0.3 is 0 Å². The van der Waals surface area contributed by atoms with E-state index in [1.165, 1.54) is 12.1 Å². The van der Waals surface area contributed by atoms with Crippen molar-refractivity contribution in [2.24, 2.45) is 5.92 Å². The summed E-state index contributed by atoms with van der Waals surface area (Å²) in [6.07, 6.45) is 0.849. The Morgan fingerprint density at radius 2 is 1.76 bits per heavy atom. The van der Waals surface area contributed by atoms with Crippen LogP contribution in [0, 0.1) is 11.7 Å². The number of aliphatic hydroxyl groups excluding tert-OH is 1. The van der Waals surface area contributed by atoms with E-state index in [9.17, 15) is 4.39 Å². The largest absolute Gasteiger partial charge is 0.395 e. The van der Waals surface area contributed by atoms with E-state index in [1.807, 2.05) is 19.1 Å². The molecule has 0 fully saturated rings. The molecule has 1 unspecified atom stereocenters. The van der Waals surface area contributed by atoms with Crippen molar-refractivity contribution in [1.82, 2.24) is 5.32 Å². The average molecular weight is 239 g/mol. The normalized spacial score (nSPS) is 14.9. The summed E-state index contributed by atoms with van der Waals surface area (Å²) in [6, 6.07) is 6.99. The zero-order valence-corrected chi connectivity index (χ0v) is 10.8. The van der Waals surface area contributed by atoms with E-state index in [0.717, 1.165) is 12.0 Å². The van der Waals surface area contributed by atoms with Gasteiger partial charge in [-0.3, -0.25) is 0 Å². The molecule has 0 saturated heterocycles. The van der Waals surface area contributed by atoms with Gasteiger partial charge in [0.15, 0.2) is 0 Å². The van der Waals surface area contributed by atoms with Crippen molar-refractivity contribution in [1.29, 1.82) is 0 Å². The van der Waals surface area contributed by atoms with Crippen molar-refractivity contribution in [3.05, 3.63) is 35.6 Å². The molecule has 0 saturated carbocycles. The first kappa shape index (κ1) is 14.1. The van der Waals surface area contributed by atoms with Crippen LogP contribution < -0.4 is 5.32 Å². The Morgan fingerprint density at radius 3 is 2.24 bits per heavy atom. The van der Waals surface area contributed by atoms with Crippen LogP contribution in [0.25, 0.3) is 0 Å². The van der Waals surface area contributed by atoms with Crippen molar-refractivity contribution in [2.45, 2.75) is 39.3 Å². The number of hydrogen-bond acceptors (Lipinski definition) is 2. The number of hydrogen-bond donors (Lipinski definition) is 2. The first-order chi connectivity index (χ1) is 8.02. The molecule has 0 radical (unpaired) electrons. The highest BCUT2D eigenvalue weighted by atomic mass is 19.1. The van der Waals surface area contributed by atoms with E-state index in [0.29, 0.717) is 12.0 Å². The van der Waals surface area contributed by atoms with Gasteiger partial charge in [0.25, 0.3) is 0 Å². The fourth-order valence-corrected chi connectivity index (χ4v) is 1.78. The maximum absolute atomic E-state index is 12.8. The number of halogens is 1. The maximum atomic E-state index is 12.8. The van der Waals surface area contributed by atoms with Crippen LogP contribution in [-0.2, 0) is 6.42 Å². The van der Waals surface area contributed by atoms with Crippen molar-refractivity contribution < 1.29 is 9.50 Å². The van der Waals surface area contributed by atoms with Crippen LogP contribution in [-0.4, -0.2) is 23.8 Å². The topological polar surface area (TPSA) is 32.3 Å². The molecular formula is C14H22FNO. The molecule has 0 aliphatic rings. The third-order valence-corrected chi connectivity index (χ3v) is 2.95. The molecule has 0 aromatic heterocycles. The molecule has 0 aliphatic heterocycles. The molecule has 1 rings (SSSR count). The lowest BCUT2D eigenvalue weighted by molar-refractivity contribution is 0.228.